The minimum absolute atomic E-state index is 0.109. The Morgan fingerprint density at radius 3 is 3.00 bits per heavy atom. The molecule has 0 aromatic carbocycles. The molecule has 1 heterocycles. The van der Waals surface area contributed by atoms with Crippen molar-refractivity contribution in [3.63, 3.8) is 0 Å². The topological polar surface area (TPSA) is 55.1 Å². The molecule has 0 saturated heterocycles. The molecule has 1 rings (SSSR count). The van der Waals surface area contributed by atoms with Crippen molar-refractivity contribution in [2.45, 2.75) is 19.8 Å². The Bertz CT molecular complexity index is 270. The summed E-state index contributed by atoms with van der Waals surface area (Å²) in [6.45, 7) is 2.05. The molecule has 0 spiro atoms. The fraction of sp³-hybridized carbons (Fsp3) is 0.375. The van der Waals surface area contributed by atoms with Crippen molar-refractivity contribution >= 4 is 17.2 Å². The molecule has 0 aliphatic carbocycles. The van der Waals surface area contributed by atoms with Crippen LogP contribution in [0.25, 0.3) is 0 Å². The molecule has 0 saturated carbocycles. The van der Waals surface area contributed by atoms with Crippen molar-refractivity contribution in [1.29, 1.82) is 0 Å². The van der Waals surface area contributed by atoms with Crippen molar-refractivity contribution in [3.8, 4) is 0 Å². The third-order valence-corrected chi connectivity index (χ3v) is 2.79. The van der Waals surface area contributed by atoms with E-state index in [0.29, 0.717) is 6.42 Å². The van der Waals surface area contributed by atoms with Crippen molar-refractivity contribution in [1.82, 2.24) is 5.43 Å². The van der Waals surface area contributed by atoms with Gasteiger partial charge in [-0.05, 0) is 30.4 Å². The summed E-state index contributed by atoms with van der Waals surface area (Å²) in [5, 5.41) is 2.03. The molecule has 1 aromatic heterocycles. The van der Waals surface area contributed by atoms with E-state index in [0.717, 1.165) is 6.42 Å². The van der Waals surface area contributed by atoms with Crippen molar-refractivity contribution in [3.05, 3.63) is 21.9 Å². The molecule has 0 atom stereocenters. The minimum Gasteiger partial charge on any atom is -0.294 e. The first-order chi connectivity index (χ1) is 5.74. The van der Waals surface area contributed by atoms with Crippen LogP contribution in [0.1, 0.15) is 16.9 Å². The molecule has 0 bridgehead atoms. The number of nitrogens with two attached hydrogens (primary N) is 1. The predicted molar refractivity (Wildman–Crippen MR) is 49.7 cm³/mol. The highest BCUT2D eigenvalue weighted by Gasteiger charge is 2.02. The number of thiophene rings is 1. The Labute approximate surface area is 75.6 Å². The van der Waals surface area contributed by atoms with Gasteiger partial charge in [-0.1, -0.05) is 0 Å². The van der Waals surface area contributed by atoms with Gasteiger partial charge in [-0.15, -0.1) is 11.3 Å². The van der Waals surface area contributed by atoms with Gasteiger partial charge < -0.3 is 0 Å². The molecule has 66 valence electrons. The first-order valence-corrected chi connectivity index (χ1v) is 4.64. The zero-order chi connectivity index (χ0) is 8.97. The second-order valence-corrected chi connectivity index (χ2v) is 3.59. The first kappa shape index (κ1) is 9.22. The molecule has 1 amide bonds. The summed E-state index contributed by atoms with van der Waals surface area (Å²) < 4.78 is 0. The predicted octanol–water partition coefficient (Wildman–Crippen LogP) is 0.979. The number of aryl methyl sites for hydroxylation is 2. The van der Waals surface area contributed by atoms with Crippen LogP contribution in [0.2, 0.25) is 0 Å². The maximum atomic E-state index is 10.8. The number of carbonyl (C=O) groups is 1. The van der Waals surface area contributed by atoms with E-state index < -0.39 is 0 Å². The van der Waals surface area contributed by atoms with Gasteiger partial charge in [0.1, 0.15) is 0 Å². The maximum absolute atomic E-state index is 10.8. The summed E-state index contributed by atoms with van der Waals surface area (Å²) in [6.07, 6.45) is 1.25. The van der Waals surface area contributed by atoms with E-state index in [1.165, 1.54) is 10.4 Å². The van der Waals surface area contributed by atoms with E-state index in [2.05, 4.69) is 11.5 Å². The Kier molecular flexibility index (Phi) is 3.25. The Morgan fingerprint density at radius 1 is 1.75 bits per heavy atom. The van der Waals surface area contributed by atoms with Crippen LogP contribution in [0.5, 0.6) is 0 Å². The zero-order valence-electron chi connectivity index (χ0n) is 6.96. The van der Waals surface area contributed by atoms with Gasteiger partial charge in [0.05, 0.1) is 0 Å². The van der Waals surface area contributed by atoms with Crippen LogP contribution >= 0.6 is 11.3 Å². The fourth-order valence-corrected chi connectivity index (χ4v) is 1.87. The summed E-state index contributed by atoms with van der Waals surface area (Å²) in [7, 11) is 0. The van der Waals surface area contributed by atoms with Gasteiger partial charge in [0, 0.05) is 11.3 Å². The van der Waals surface area contributed by atoms with Crippen molar-refractivity contribution in [2.24, 2.45) is 5.84 Å². The van der Waals surface area contributed by atoms with E-state index in [-0.39, 0.29) is 5.91 Å². The van der Waals surface area contributed by atoms with E-state index in [9.17, 15) is 4.79 Å². The van der Waals surface area contributed by atoms with Crippen LogP contribution in [0.3, 0.4) is 0 Å². The van der Waals surface area contributed by atoms with E-state index in [4.69, 9.17) is 5.84 Å². The van der Waals surface area contributed by atoms with Crippen LogP contribution in [0.15, 0.2) is 11.4 Å². The fourth-order valence-electron chi connectivity index (χ4n) is 0.959. The number of nitrogens with one attached hydrogen (secondary N) is 1. The molecular formula is C8H12N2OS. The SMILES string of the molecule is Cc1ccsc1CCC(=O)NN. The average Bonchev–Trinajstić information content (AvgIpc) is 2.47. The third kappa shape index (κ3) is 2.32. The lowest BCUT2D eigenvalue weighted by atomic mass is 10.2. The number of rotatable bonds is 3. The number of amides is 1. The number of hydrogen-bond acceptors (Lipinski definition) is 3. The highest BCUT2D eigenvalue weighted by Crippen LogP contribution is 2.16. The quantitative estimate of drug-likeness (QED) is 0.418. The molecule has 3 N–H and O–H groups in total. The van der Waals surface area contributed by atoms with Gasteiger partial charge in [0.15, 0.2) is 0 Å². The summed E-state index contributed by atoms with van der Waals surface area (Å²) in [5.74, 6) is 4.84. The molecule has 4 heteroatoms. The lowest BCUT2D eigenvalue weighted by Gasteiger charge is -1.98. The molecule has 0 aliphatic rings. The molecule has 0 aliphatic heterocycles. The summed E-state index contributed by atoms with van der Waals surface area (Å²) in [4.78, 5) is 12.0. The van der Waals surface area contributed by atoms with Crippen LogP contribution < -0.4 is 11.3 Å². The van der Waals surface area contributed by atoms with Gasteiger partial charge in [0.25, 0.3) is 0 Å². The van der Waals surface area contributed by atoms with E-state index in [1.807, 2.05) is 12.3 Å². The van der Waals surface area contributed by atoms with Gasteiger partial charge in [-0.2, -0.15) is 0 Å². The first-order valence-electron chi connectivity index (χ1n) is 3.76. The lowest BCUT2D eigenvalue weighted by Crippen LogP contribution is -2.30. The second-order valence-electron chi connectivity index (χ2n) is 2.59. The third-order valence-electron chi connectivity index (χ3n) is 1.71. The Hall–Kier alpha value is -0.870. The standard InChI is InChI=1S/C8H12N2OS/c1-6-4-5-12-7(6)2-3-8(11)10-9/h4-5H,2-3,9H2,1H3,(H,10,11). The molecule has 0 unspecified atom stereocenters. The zero-order valence-corrected chi connectivity index (χ0v) is 7.78. The average molecular weight is 184 g/mol. The van der Waals surface area contributed by atoms with Crippen LogP contribution in [0, 0.1) is 6.92 Å². The molecule has 12 heavy (non-hydrogen) atoms. The normalized spacial score (nSPS) is 9.83. The minimum atomic E-state index is -0.109. The van der Waals surface area contributed by atoms with Crippen molar-refractivity contribution in [2.75, 3.05) is 0 Å². The number of carbonyl (C=O) groups excluding carboxylic acids is 1. The number of hydrazine groups is 1. The molecule has 0 radical (unpaired) electrons. The van der Waals surface area contributed by atoms with Gasteiger partial charge >= 0.3 is 0 Å². The Morgan fingerprint density at radius 2 is 2.50 bits per heavy atom. The van der Waals surface area contributed by atoms with E-state index >= 15 is 0 Å². The number of hydrogen-bond donors (Lipinski definition) is 2. The van der Waals surface area contributed by atoms with Gasteiger partial charge in [-0.3, -0.25) is 10.2 Å². The lowest BCUT2D eigenvalue weighted by molar-refractivity contribution is -0.121. The van der Waals surface area contributed by atoms with Crippen LogP contribution in [-0.4, -0.2) is 5.91 Å². The Balaban J connectivity index is 2.43. The molecule has 3 nitrogen and oxygen atoms in total. The molecular weight excluding hydrogens is 172 g/mol. The van der Waals surface area contributed by atoms with Crippen LogP contribution in [-0.2, 0) is 11.2 Å². The summed E-state index contributed by atoms with van der Waals surface area (Å²) in [5.41, 5.74) is 3.37. The highest BCUT2D eigenvalue weighted by atomic mass is 32.1. The van der Waals surface area contributed by atoms with Crippen LogP contribution in [0.4, 0.5) is 0 Å². The summed E-state index contributed by atoms with van der Waals surface area (Å²) >= 11 is 1.68. The molecule has 1 aromatic rings. The van der Waals surface area contributed by atoms with E-state index in [1.54, 1.807) is 11.3 Å². The monoisotopic (exact) mass is 184 g/mol. The van der Waals surface area contributed by atoms with Crippen molar-refractivity contribution < 1.29 is 4.79 Å². The smallest absolute Gasteiger partial charge is 0.234 e. The highest BCUT2D eigenvalue weighted by molar-refractivity contribution is 7.10. The van der Waals surface area contributed by atoms with Gasteiger partial charge in [-0.25, -0.2) is 5.84 Å². The van der Waals surface area contributed by atoms with Gasteiger partial charge in [0.2, 0.25) is 5.91 Å². The largest absolute Gasteiger partial charge is 0.294 e. The molecule has 0 fully saturated rings. The summed E-state index contributed by atoms with van der Waals surface area (Å²) in [6, 6.07) is 2.06. The maximum Gasteiger partial charge on any atom is 0.234 e. The second kappa shape index (κ2) is 4.23.